The van der Waals surface area contributed by atoms with E-state index in [4.69, 9.17) is 4.98 Å². The number of hydrogen-bond donors (Lipinski definition) is 1. The highest BCUT2D eigenvalue weighted by molar-refractivity contribution is 7.11. The lowest BCUT2D eigenvalue weighted by Crippen LogP contribution is -2.32. The van der Waals surface area contributed by atoms with Crippen molar-refractivity contribution in [2.75, 3.05) is 13.1 Å². The molecule has 0 radical (unpaired) electrons. The molecule has 1 N–H and O–H groups in total. The summed E-state index contributed by atoms with van der Waals surface area (Å²) in [5.74, 6) is 0.902. The molecule has 1 aromatic heterocycles. The van der Waals surface area contributed by atoms with Crippen LogP contribution in [-0.2, 0) is 13.1 Å². The largest absolute Gasteiger partial charge is 0.309 e. The number of hydrogen-bond acceptors (Lipinski definition) is 4. The molecule has 4 heteroatoms. The van der Waals surface area contributed by atoms with Crippen molar-refractivity contribution >= 4 is 11.3 Å². The smallest absolute Gasteiger partial charge is 0.107 e. The minimum atomic E-state index is 0.587. The zero-order valence-electron chi connectivity index (χ0n) is 13.4. The van der Waals surface area contributed by atoms with Crippen molar-refractivity contribution in [1.82, 2.24) is 15.2 Å². The summed E-state index contributed by atoms with van der Waals surface area (Å²) in [4.78, 5) is 8.73. The molecular formula is C16H29N3S. The van der Waals surface area contributed by atoms with Crippen LogP contribution in [0.3, 0.4) is 0 Å². The summed E-state index contributed by atoms with van der Waals surface area (Å²) in [6, 6.07) is 0.587. The Morgan fingerprint density at radius 1 is 1.40 bits per heavy atom. The molecule has 1 aliphatic rings. The van der Waals surface area contributed by atoms with Crippen LogP contribution in [0.5, 0.6) is 0 Å². The summed E-state index contributed by atoms with van der Waals surface area (Å²) in [7, 11) is 0. The molecule has 0 saturated carbocycles. The first-order valence-electron chi connectivity index (χ1n) is 7.99. The molecule has 1 fully saturated rings. The van der Waals surface area contributed by atoms with E-state index >= 15 is 0 Å². The topological polar surface area (TPSA) is 28.2 Å². The first-order valence-corrected chi connectivity index (χ1v) is 8.81. The quantitative estimate of drug-likeness (QED) is 0.869. The summed E-state index contributed by atoms with van der Waals surface area (Å²) < 4.78 is 0. The first kappa shape index (κ1) is 15.9. The molecule has 0 bridgehead atoms. The molecule has 114 valence electrons. The molecule has 0 aliphatic carbocycles. The van der Waals surface area contributed by atoms with Gasteiger partial charge in [-0.3, -0.25) is 4.90 Å². The van der Waals surface area contributed by atoms with Gasteiger partial charge in [-0.05, 0) is 52.1 Å². The Kier molecular flexibility index (Phi) is 6.00. The monoisotopic (exact) mass is 295 g/mol. The van der Waals surface area contributed by atoms with Crippen LogP contribution in [0.15, 0.2) is 0 Å². The molecule has 1 unspecified atom stereocenters. The molecular weight excluding hydrogens is 266 g/mol. The van der Waals surface area contributed by atoms with E-state index in [-0.39, 0.29) is 0 Å². The number of nitrogens with zero attached hydrogens (tertiary/aromatic N) is 2. The number of aryl methyl sites for hydroxylation is 1. The van der Waals surface area contributed by atoms with E-state index in [0.29, 0.717) is 6.04 Å². The number of likely N-dealkylation sites (tertiary alicyclic amines) is 1. The average molecular weight is 295 g/mol. The fraction of sp³-hybridized carbons (Fsp3) is 0.812. The van der Waals surface area contributed by atoms with Gasteiger partial charge in [0, 0.05) is 17.5 Å². The molecule has 2 heterocycles. The highest BCUT2D eigenvalue weighted by Gasteiger charge is 2.17. The molecule has 0 amide bonds. The Labute approximate surface area is 127 Å². The second-order valence-corrected chi connectivity index (χ2v) is 7.43. The van der Waals surface area contributed by atoms with Crippen LogP contribution in [0.2, 0.25) is 0 Å². The number of rotatable bonds is 6. The van der Waals surface area contributed by atoms with E-state index in [9.17, 15) is 0 Å². The minimum Gasteiger partial charge on any atom is -0.309 e. The van der Waals surface area contributed by atoms with Gasteiger partial charge in [-0.2, -0.15) is 0 Å². The Morgan fingerprint density at radius 3 is 2.75 bits per heavy atom. The van der Waals surface area contributed by atoms with Crippen LogP contribution < -0.4 is 5.32 Å². The van der Waals surface area contributed by atoms with Gasteiger partial charge in [-0.25, -0.2) is 4.98 Å². The molecule has 3 nitrogen and oxygen atoms in total. The standard InChI is InChI=1S/C16H29N3S/c1-5-13(3)17-10-15-14(4)18-16(20-15)11-19-8-6-12(2)7-9-19/h12-13,17H,5-11H2,1-4H3. The van der Waals surface area contributed by atoms with Crippen molar-refractivity contribution in [2.45, 2.75) is 66.1 Å². The third kappa shape index (κ3) is 4.54. The lowest BCUT2D eigenvalue weighted by atomic mass is 9.99. The van der Waals surface area contributed by atoms with E-state index in [1.807, 2.05) is 11.3 Å². The zero-order chi connectivity index (χ0) is 14.5. The highest BCUT2D eigenvalue weighted by Crippen LogP contribution is 2.22. The van der Waals surface area contributed by atoms with Crippen LogP contribution in [0, 0.1) is 12.8 Å². The molecule has 0 aromatic carbocycles. The fourth-order valence-electron chi connectivity index (χ4n) is 2.54. The Balaban J connectivity index is 1.86. The van der Waals surface area contributed by atoms with Crippen LogP contribution in [-0.4, -0.2) is 29.0 Å². The molecule has 20 heavy (non-hydrogen) atoms. The van der Waals surface area contributed by atoms with Gasteiger partial charge in [-0.15, -0.1) is 11.3 Å². The van der Waals surface area contributed by atoms with E-state index < -0.39 is 0 Å². The van der Waals surface area contributed by atoms with E-state index in [2.05, 4.69) is 37.9 Å². The van der Waals surface area contributed by atoms with Crippen LogP contribution in [0.4, 0.5) is 0 Å². The molecule has 1 aliphatic heterocycles. The minimum absolute atomic E-state index is 0.587. The fourth-order valence-corrected chi connectivity index (χ4v) is 3.61. The van der Waals surface area contributed by atoms with Gasteiger partial charge < -0.3 is 5.32 Å². The number of piperidine rings is 1. The van der Waals surface area contributed by atoms with Gasteiger partial charge in [0.2, 0.25) is 0 Å². The molecule has 1 atom stereocenters. The maximum atomic E-state index is 4.76. The van der Waals surface area contributed by atoms with Gasteiger partial charge >= 0.3 is 0 Å². The number of aromatic nitrogens is 1. The van der Waals surface area contributed by atoms with Crippen LogP contribution >= 0.6 is 11.3 Å². The van der Waals surface area contributed by atoms with Gasteiger partial charge in [0.15, 0.2) is 0 Å². The van der Waals surface area contributed by atoms with Gasteiger partial charge in [0.1, 0.15) is 5.01 Å². The second-order valence-electron chi connectivity index (χ2n) is 6.27. The van der Waals surface area contributed by atoms with Crippen LogP contribution in [0.25, 0.3) is 0 Å². The third-order valence-electron chi connectivity index (χ3n) is 4.40. The van der Waals surface area contributed by atoms with Crippen molar-refractivity contribution in [2.24, 2.45) is 5.92 Å². The Morgan fingerprint density at radius 2 is 2.10 bits per heavy atom. The molecule has 1 saturated heterocycles. The number of thiazole rings is 1. The summed E-state index contributed by atoms with van der Waals surface area (Å²) >= 11 is 1.89. The van der Waals surface area contributed by atoms with Crippen molar-refractivity contribution in [3.63, 3.8) is 0 Å². The predicted octanol–water partition coefficient (Wildman–Crippen LogP) is 3.57. The van der Waals surface area contributed by atoms with Gasteiger partial charge in [0.05, 0.1) is 12.2 Å². The predicted molar refractivity (Wildman–Crippen MR) is 87.1 cm³/mol. The zero-order valence-corrected chi connectivity index (χ0v) is 14.2. The molecule has 1 aromatic rings. The Bertz CT molecular complexity index is 408. The third-order valence-corrected chi connectivity index (χ3v) is 5.54. The summed E-state index contributed by atoms with van der Waals surface area (Å²) in [5.41, 5.74) is 1.21. The summed E-state index contributed by atoms with van der Waals surface area (Å²) in [6.07, 6.45) is 3.86. The average Bonchev–Trinajstić information content (AvgIpc) is 2.78. The van der Waals surface area contributed by atoms with E-state index in [1.165, 1.54) is 47.9 Å². The lowest BCUT2D eigenvalue weighted by Gasteiger charge is -2.29. The highest BCUT2D eigenvalue weighted by atomic mass is 32.1. The maximum absolute atomic E-state index is 4.76. The van der Waals surface area contributed by atoms with Crippen molar-refractivity contribution in [1.29, 1.82) is 0 Å². The number of nitrogens with one attached hydrogen (secondary N) is 1. The SMILES string of the molecule is CCC(C)NCc1sc(CN2CCC(C)CC2)nc1C. The maximum Gasteiger partial charge on any atom is 0.107 e. The van der Waals surface area contributed by atoms with Crippen molar-refractivity contribution in [3.05, 3.63) is 15.6 Å². The van der Waals surface area contributed by atoms with E-state index in [1.54, 1.807) is 0 Å². The Hall–Kier alpha value is -0.450. The van der Waals surface area contributed by atoms with Crippen molar-refractivity contribution in [3.8, 4) is 0 Å². The summed E-state index contributed by atoms with van der Waals surface area (Å²) in [5, 5.41) is 4.86. The molecule has 2 rings (SSSR count). The second kappa shape index (κ2) is 7.53. The van der Waals surface area contributed by atoms with Crippen LogP contribution in [0.1, 0.15) is 55.6 Å². The normalized spacial score (nSPS) is 19.4. The van der Waals surface area contributed by atoms with Gasteiger partial charge in [0.25, 0.3) is 0 Å². The van der Waals surface area contributed by atoms with Crippen molar-refractivity contribution < 1.29 is 0 Å². The lowest BCUT2D eigenvalue weighted by molar-refractivity contribution is 0.185. The first-order chi connectivity index (χ1) is 9.58. The van der Waals surface area contributed by atoms with Gasteiger partial charge in [-0.1, -0.05) is 13.8 Å². The molecule has 0 spiro atoms. The summed E-state index contributed by atoms with van der Waals surface area (Å²) in [6.45, 7) is 13.5. The van der Waals surface area contributed by atoms with E-state index in [0.717, 1.165) is 19.0 Å².